The number of carbonyl (C=O) groups is 4. The van der Waals surface area contributed by atoms with Crippen molar-refractivity contribution in [2.24, 2.45) is 5.41 Å². The van der Waals surface area contributed by atoms with E-state index < -0.39 is 67.4 Å². The minimum atomic E-state index is -1.62. The smallest absolute Gasteiger partial charge is 0.338 e. The van der Waals surface area contributed by atoms with Gasteiger partial charge in [0.05, 0.1) is 11.1 Å². The molecule has 49 heavy (non-hydrogen) atoms. The zero-order valence-electron chi connectivity index (χ0n) is 26.1. The predicted octanol–water partition coefficient (Wildman–Crippen LogP) is 5.64. The highest BCUT2D eigenvalue weighted by atomic mass is 19.1. The van der Waals surface area contributed by atoms with Gasteiger partial charge in [-0.3, -0.25) is 0 Å². The summed E-state index contributed by atoms with van der Waals surface area (Å²) in [5, 5.41) is 0. The van der Waals surface area contributed by atoms with Gasteiger partial charge in [0.15, 0.2) is 0 Å². The number of carbonyl (C=O) groups excluding carboxylic acids is 4. The first kappa shape index (κ1) is 35.6. The Morgan fingerprint density at radius 2 is 0.918 bits per heavy atom. The number of nitrogens with two attached hydrogens (primary N) is 2. The Labute approximate surface area is 280 Å². The summed E-state index contributed by atoms with van der Waals surface area (Å²) < 4.78 is 48.6. The molecular weight excluding hydrogens is 638 g/mol. The Kier molecular flexibility index (Phi) is 12.4. The maximum absolute atomic E-state index is 13.3. The van der Waals surface area contributed by atoms with E-state index in [9.17, 15) is 28.0 Å². The van der Waals surface area contributed by atoms with Crippen LogP contribution in [0.1, 0.15) is 31.8 Å². The quantitative estimate of drug-likeness (QED) is 0.0745. The Bertz CT molecular complexity index is 1710. The van der Waals surface area contributed by atoms with Crippen LogP contribution in [-0.4, -0.2) is 50.3 Å². The lowest BCUT2D eigenvalue weighted by molar-refractivity contribution is -0.153. The minimum Gasteiger partial charge on any atom is -0.462 e. The second kappa shape index (κ2) is 17.0. The largest absolute Gasteiger partial charge is 0.462 e. The lowest BCUT2D eigenvalue weighted by Crippen LogP contribution is -2.43. The van der Waals surface area contributed by atoms with Crippen molar-refractivity contribution in [1.82, 2.24) is 0 Å². The van der Waals surface area contributed by atoms with Crippen LogP contribution in [0.4, 0.5) is 20.2 Å². The van der Waals surface area contributed by atoms with E-state index in [2.05, 4.69) is 0 Å². The molecule has 4 rings (SSSR count). The van der Waals surface area contributed by atoms with Crippen LogP contribution in [0.3, 0.4) is 0 Å². The summed E-state index contributed by atoms with van der Waals surface area (Å²) in [6, 6.07) is 22.7. The molecule has 0 unspecified atom stereocenters. The molecule has 0 heterocycles. The van der Waals surface area contributed by atoms with Crippen LogP contribution in [0.15, 0.2) is 109 Å². The Balaban J connectivity index is 1.58. The van der Waals surface area contributed by atoms with E-state index >= 15 is 0 Å². The van der Waals surface area contributed by atoms with E-state index in [0.29, 0.717) is 22.5 Å². The fourth-order valence-corrected chi connectivity index (χ4v) is 4.21. The van der Waals surface area contributed by atoms with Gasteiger partial charge in [0.1, 0.15) is 43.5 Å². The summed E-state index contributed by atoms with van der Waals surface area (Å²) in [6.07, 6.45) is 4.96. The maximum Gasteiger partial charge on any atom is 0.338 e. The third-order valence-corrected chi connectivity index (χ3v) is 6.87. The molecule has 252 valence electrons. The number of esters is 4. The normalized spacial score (nSPS) is 11.3. The average molecular weight is 671 g/mol. The van der Waals surface area contributed by atoms with Crippen LogP contribution < -0.4 is 11.5 Å². The van der Waals surface area contributed by atoms with Gasteiger partial charge in [-0.25, -0.2) is 28.0 Å². The summed E-state index contributed by atoms with van der Waals surface area (Å²) in [5.74, 6) is -4.20. The molecule has 0 aliphatic rings. The number of hydrogen-bond donors (Lipinski definition) is 2. The fourth-order valence-electron chi connectivity index (χ4n) is 4.21. The van der Waals surface area contributed by atoms with E-state index in [1.807, 2.05) is 0 Å². The molecule has 0 aliphatic heterocycles. The van der Waals surface area contributed by atoms with Crippen molar-refractivity contribution >= 4 is 47.4 Å². The number of halogens is 2. The van der Waals surface area contributed by atoms with Crippen molar-refractivity contribution in [2.75, 3.05) is 37.9 Å². The van der Waals surface area contributed by atoms with Crippen molar-refractivity contribution in [3.63, 3.8) is 0 Å². The molecule has 0 aromatic heterocycles. The lowest BCUT2D eigenvalue weighted by Gasteiger charge is -2.31. The third-order valence-electron chi connectivity index (χ3n) is 6.87. The SMILES string of the molecule is Nc1cccc(C(=O)OCC(COC(=O)C=Cc2ccc(F)cc2)(COC(=O)C=Cc2ccc(F)cc2)COC(=O)c2cccc(N)c2)c1. The standard InChI is InChI=1S/C37H32F2N2O8/c38-29-13-7-25(8-14-29)11-17-33(42)46-21-37(23-48-35(44)27-3-1-5-31(40)19-27,24-49-36(45)28-4-2-6-32(41)20-28)22-47-34(43)18-12-26-9-15-30(39)16-10-26/h1-20H,21-24,40-41H2. The molecule has 0 bridgehead atoms. The van der Waals surface area contributed by atoms with Crippen molar-refractivity contribution < 1.29 is 46.9 Å². The van der Waals surface area contributed by atoms with Crippen LogP contribution in [0.5, 0.6) is 0 Å². The number of ether oxygens (including phenoxy) is 4. The third kappa shape index (κ3) is 11.5. The van der Waals surface area contributed by atoms with Crippen LogP contribution in [0.2, 0.25) is 0 Å². The fraction of sp³-hybridized carbons (Fsp3) is 0.135. The van der Waals surface area contributed by atoms with Crippen LogP contribution in [0.25, 0.3) is 12.2 Å². The molecule has 12 heteroatoms. The van der Waals surface area contributed by atoms with Crippen LogP contribution in [0, 0.1) is 17.0 Å². The minimum absolute atomic E-state index is 0.115. The molecule has 0 aliphatic carbocycles. The number of anilines is 2. The van der Waals surface area contributed by atoms with Crippen molar-refractivity contribution in [2.45, 2.75) is 0 Å². The van der Waals surface area contributed by atoms with Gasteiger partial charge in [-0.1, -0.05) is 36.4 Å². The first-order valence-electron chi connectivity index (χ1n) is 14.8. The molecule has 0 saturated heterocycles. The highest BCUT2D eigenvalue weighted by molar-refractivity contribution is 5.91. The molecule has 10 nitrogen and oxygen atoms in total. The Morgan fingerprint density at radius 1 is 0.551 bits per heavy atom. The molecule has 0 spiro atoms. The molecule has 0 saturated carbocycles. The summed E-state index contributed by atoms with van der Waals surface area (Å²) in [6.45, 7) is -2.20. The monoisotopic (exact) mass is 670 g/mol. The number of nitrogen functional groups attached to an aromatic ring is 2. The zero-order valence-corrected chi connectivity index (χ0v) is 26.1. The molecule has 0 radical (unpaired) electrons. The van der Waals surface area contributed by atoms with Crippen LogP contribution >= 0.6 is 0 Å². The summed E-state index contributed by atoms with van der Waals surface area (Å²) in [5.41, 5.74) is 11.9. The maximum atomic E-state index is 13.3. The Morgan fingerprint density at radius 3 is 1.29 bits per heavy atom. The van der Waals surface area contributed by atoms with E-state index in [1.54, 1.807) is 24.3 Å². The summed E-state index contributed by atoms with van der Waals surface area (Å²) in [4.78, 5) is 51.5. The van der Waals surface area contributed by atoms with Crippen molar-refractivity contribution in [3.8, 4) is 0 Å². The average Bonchev–Trinajstić information content (AvgIpc) is 3.10. The second-order valence-corrected chi connectivity index (χ2v) is 10.9. The molecular formula is C37H32F2N2O8. The zero-order chi connectivity index (χ0) is 35.2. The van der Waals surface area contributed by atoms with Crippen molar-refractivity contribution in [3.05, 3.63) is 143 Å². The van der Waals surface area contributed by atoms with Gasteiger partial charge in [-0.2, -0.15) is 0 Å². The van der Waals surface area contributed by atoms with Crippen molar-refractivity contribution in [1.29, 1.82) is 0 Å². The molecule has 0 fully saturated rings. The first-order chi connectivity index (χ1) is 23.5. The van der Waals surface area contributed by atoms with Gasteiger partial charge in [0.2, 0.25) is 0 Å². The summed E-state index contributed by atoms with van der Waals surface area (Å²) in [7, 11) is 0. The first-order valence-corrected chi connectivity index (χ1v) is 14.8. The highest BCUT2D eigenvalue weighted by Gasteiger charge is 2.38. The van der Waals surface area contributed by atoms with Gasteiger partial charge in [0, 0.05) is 23.5 Å². The topological polar surface area (TPSA) is 157 Å². The van der Waals surface area contributed by atoms with Gasteiger partial charge in [-0.05, 0) is 83.9 Å². The summed E-state index contributed by atoms with van der Waals surface area (Å²) >= 11 is 0. The molecule has 4 aromatic carbocycles. The van der Waals surface area contributed by atoms with Crippen LogP contribution in [-0.2, 0) is 28.5 Å². The van der Waals surface area contributed by atoms with E-state index in [0.717, 1.165) is 12.2 Å². The number of benzene rings is 4. The van der Waals surface area contributed by atoms with Gasteiger partial charge >= 0.3 is 23.9 Å². The Hall–Kier alpha value is -6.30. The molecule has 4 aromatic rings. The van der Waals surface area contributed by atoms with E-state index in [4.69, 9.17) is 30.4 Å². The number of hydrogen-bond acceptors (Lipinski definition) is 10. The second-order valence-electron chi connectivity index (χ2n) is 10.9. The lowest BCUT2D eigenvalue weighted by atomic mass is 9.92. The van der Waals surface area contributed by atoms with E-state index in [-0.39, 0.29) is 11.1 Å². The van der Waals surface area contributed by atoms with Gasteiger partial charge in [0.25, 0.3) is 0 Å². The molecule has 0 atom stereocenters. The highest BCUT2D eigenvalue weighted by Crippen LogP contribution is 2.24. The molecule has 4 N–H and O–H groups in total. The number of rotatable bonds is 14. The van der Waals surface area contributed by atoms with Gasteiger partial charge < -0.3 is 30.4 Å². The predicted molar refractivity (Wildman–Crippen MR) is 177 cm³/mol. The van der Waals surface area contributed by atoms with E-state index in [1.165, 1.54) is 84.9 Å². The molecule has 0 amide bonds. The van der Waals surface area contributed by atoms with Gasteiger partial charge in [-0.15, -0.1) is 0 Å².